The number of likely N-dealkylation sites (tertiary alicyclic amines) is 1. The first-order chi connectivity index (χ1) is 16.0. The summed E-state index contributed by atoms with van der Waals surface area (Å²) in [7, 11) is -3.79. The zero-order valence-electron chi connectivity index (χ0n) is 17.6. The van der Waals surface area contributed by atoms with E-state index in [4.69, 9.17) is 46.4 Å². The van der Waals surface area contributed by atoms with Crippen LogP contribution in [-0.4, -0.2) is 32.7 Å². The van der Waals surface area contributed by atoms with Crippen molar-refractivity contribution in [3.05, 3.63) is 109 Å². The predicted molar refractivity (Wildman–Crippen MR) is 134 cm³/mol. The summed E-state index contributed by atoms with van der Waals surface area (Å²) in [5.41, 5.74) is 1.80. The highest BCUT2D eigenvalue weighted by atomic mass is 35.5. The lowest BCUT2D eigenvalue weighted by atomic mass is 9.92. The molecule has 0 N–H and O–H groups in total. The van der Waals surface area contributed by atoms with Gasteiger partial charge in [0.25, 0.3) is 0 Å². The molecule has 1 aliphatic heterocycles. The molecule has 3 aromatic carbocycles. The molecule has 1 saturated heterocycles. The van der Waals surface area contributed by atoms with Crippen LogP contribution in [0.2, 0.25) is 20.1 Å². The van der Waals surface area contributed by atoms with Gasteiger partial charge in [-0.2, -0.15) is 0 Å². The maximum Gasteiger partial charge on any atom is 0.176 e. The molecule has 3 aromatic rings. The second kappa shape index (κ2) is 9.76. The Hall–Kier alpha value is -1.67. The minimum Gasteiger partial charge on any atom is -0.284 e. The fraction of sp³-hybridized carbons (Fsp3) is 0.167. The SMILES string of the molecule is CS(=O)(=O)C(=C1CN(C(c2cccc(Cl)c2Cl)c2cccc(Cl)c2Cl)C1)c1cc(F)cc(F)c1. The summed E-state index contributed by atoms with van der Waals surface area (Å²) in [6, 6.07) is 12.6. The van der Waals surface area contributed by atoms with Crippen molar-refractivity contribution in [2.75, 3.05) is 19.3 Å². The largest absolute Gasteiger partial charge is 0.284 e. The van der Waals surface area contributed by atoms with Crippen molar-refractivity contribution in [2.24, 2.45) is 0 Å². The fourth-order valence-electron chi connectivity index (χ4n) is 4.16. The van der Waals surface area contributed by atoms with Gasteiger partial charge in [-0.15, -0.1) is 0 Å². The molecule has 1 heterocycles. The van der Waals surface area contributed by atoms with Gasteiger partial charge < -0.3 is 0 Å². The van der Waals surface area contributed by atoms with Gasteiger partial charge in [-0.3, -0.25) is 4.90 Å². The number of hydrogen-bond donors (Lipinski definition) is 0. The summed E-state index contributed by atoms with van der Waals surface area (Å²) in [5, 5.41) is 1.37. The van der Waals surface area contributed by atoms with Gasteiger partial charge in [0.2, 0.25) is 0 Å². The molecule has 3 nitrogen and oxygen atoms in total. The first-order valence-electron chi connectivity index (χ1n) is 9.97. The second-order valence-electron chi connectivity index (χ2n) is 7.96. The van der Waals surface area contributed by atoms with Crippen molar-refractivity contribution >= 4 is 61.1 Å². The van der Waals surface area contributed by atoms with Gasteiger partial charge in [0, 0.05) is 25.4 Å². The highest BCUT2D eigenvalue weighted by Crippen LogP contribution is 2.44. The third-order valence-corrected chi connectivity index (χ3v) is 8.45. The fourth-order valence-corrected chi connectivity index (χ4v) is 6.18. The molecule has 0 unspecified atom stereocenters. The minimum absolute atomic E-state index is 0.0345. The Balaban J connectivity index is 1.82. The van der Waals surface area contributed by atoms with Crippen LogP contribution in [-0.2, 0) is 9.84 Å². The van der Waals surface area contributed by atoms with E-state index in [0.29, 0.717) is 42.9 Å². The maximum absolute atomic E-state index is 13.9. The molecule has 1 fully saturated rings. The Morgan fingerprint density at radius 1 is 0.853 bits per heavy atom. The Morgan fingerprint density at radius 3 is 1.76 bits per heavy atom. The van der Waals surface area contributed by atoms with E-state index >= 15 is 0 Å². The smallest absolute Gasteiger partial charge is 0.176 e. The maximum atomic E-state index is 13.9. The molecule has 0 aromatic heterocycles. The molecule has 0 amide bonds. The summed E-state index contributed by atoms with van der Waals surface area (Å²) in [5.74, 6) is -1.72. The number of benzene rings is 3. The predicted octanol–water partition coefficient (Wildman–Crippen LogP) is 7.44. The molecule has 1 aliphatic rings. The van der Waals surface area contributed by atoms with E-state index in [1.807, 2.05) is 4.90 Å². The normalized spacial score (nSPS) is 14.4. The van der Waals surface area contributed by atoms with E-state index in [0.717, 1.165) is 18.4 Å². The molecule has 0 radical (unpaired) electrons. The summed E-state index contributed by atoms with van der Waals surface area (Å²) >= 11 is 25.6. The zero-order valence-corrected chi connectivity index (χ0v) is 21.5. The average Bonchev–Trinajstić information content (AvgIpc) is 2.70. The van der Waals surface area contributed by atoms with Crippen LogP contribution in [0.1, 0.15) is 22.7 Å². The molecular formula is C24H17Cl4F2NO2S. The molecule has 0 spiro atoms. The van der Waals surface area contributed by atoms with Crippen molar-refractivity contribution in [1.82, 2.24) is 4.90 Å². The zero-order chi connectivity index (χ0) is 24.8. The number of halogens is 6. The van der Waals surface area contributed by atoms with Gasteiger partial charge in [-0.05, 0) is 46.5 Å². The Kier molecular flexibility index (Phi) is 7.30. The standard InChI is InChI=1S/C24H17Cl4F2NO2S/c1-34(32,33)24(13-8-15(29)10-16(30)9-13)14-11-31(12-14)23(17-4-2-6-19(25)21(17)27)18-5-3-7-20(26)22(18)28/h2-10,23H,11-12H2,1H3. The van der Waals surface area contributed by atoms with E-state index < -0.39 is 27.5 Å². The second-order valence-corrected chi connectivity index (χ2v) is 11.5. The molecule has 10 heteroatoms. The van der Waals surface area contributed by atoms with Gasteiger partial charge in [-0.25, -0.2) is 17.2 Å². The van der Waals surface area contributed by atoms with Crippen LogP contribution >= 0.6 is 46.4 Å². The van der Waals surface area contributed by atoms with Crippen LogP contribution < -0.4 is 0 Å². The van der Waals surface area contributed by atoms with Crippen LogP contribution in [0, 0.1) is 11.6 Å². The van der Waals surface area contributed by atoms with E-state index in [1.54, 1.807) is 36.4 Å². The van der Waals surface area contributed by atoms with E-state index in [2.05, 4.69) is 0 Å². The molecule has 178 valence electrons. The molecular weight excluding hydrogens is 546 g/mol. The van der Waals surface area contributed by atoms with Gasteiger partial charge in [0.05, 0.1) is 31.0 Å². The van der Waals surface area contributed by atoms with E-state index in [1.165, 1.54) is 0 Å². The number of rotatable bonds is 5. The van der Waals surface area contributed by atoms with Crippen LogP contribution in [0.15, 0.2) is 60.2 Å². The van der Waals surface area contributed by atoms with Crippen LogP contribution in [0.4, 0.5) is 8.78 Å². The van der Waals surface area contributed by atoms with Crippen LogP contribution in [0.25, 0.3) is 4.91 Å². The third-order valence-electron chi connectivity index (χ3n) is 5.52. The molecule has 0 aliphatic carbocycles. The quantitative estimate of drug-likeness (QED) is 0.324. The molecule has 34 heavy (non-hydrogen) atoms. The number of nitrogens with zero attached hydrogens (tertiary/aromatic N) is 1. The summed E-state index contributed by atoms with van der Waals surface area (Å²) in [6.45, 7) is 0.383. The topological polar surface area (TPSA) is 37.4 Å². The monoisotopic (exact) mass is 561 g/mol. The van der Waals surface area contributed by atoms with E-state index in [-0.39, 0.29) is 23.6 Å². The third kappa shape index (κ3) is 4.99. The summed E-state index contributed by atoms with van der Waals surface area (Å²) in [4.78, 5) is 1.83. The molecule has 0 bridgehead atoms. The van der Waals surface area contributed by atoms with Crippen molar-refractivity contribution < 1.29 is 17.2 Å². The van der Waals surface area contributed by atoms with E-state index in [9.17, 15) is 17.2 Å². The van der Waals surface area contributed by atoms with Crippen molar-refractivity contribution in [2.45, 2.75) is 6.04 Å². The van der Waals surface area contributed by atoms with Crippen LogP contribution in [0.5, 0.6) is 0 Å². The van der Waals surface area contributed by atoms with Crippen molar-refractivity contribution in [3.63, 3.8) is 0 Å². The Labute approximate surface area is 216 Å². The highest BCUT2D eigenvalue weighted by Gasteiger charge is 2.37. The Morgan fingerprint density at radius 2 is 1.32 bits per heavy atom. The summed E-state index contributed by atoms with van der Waals surface area (Å²) < 4.78 is 52.9. The lowest BCUT2D eigenvalue weighted by Gasteiger charge is -2.42. The number of sulfone groups is 1. The molecule has 0 saturated carbocycles. The highest BCUT2D eigenvalue weighted by molar-refractivity contribution is 8.00. The average molecular weight is 563 g/mol. The molecule has 4 rings (SSSR count). The Bertz CT molecular complexity index is 1350. The minimum atomic E-state index is -3.79. The van der Waals surface area contributed by atoms with Gasteiger partial charge in [0.15, 0.2) is 9.84 Å². The van der Waals surface area contributed by atoms with Crippen LogP contribution in [0.3, 0.4) is 0 Å². The van der Waals surface area contributed by atoms with Crippen molar-refractivity contribution in [3.8, 4) is 0 Å². The first-order valence-corrected chi connectivity index (χ1v) is 13.4. The van der Waals surface area contributed by atoms with Crippen molar-refractivity contribution in [1.29, 1.82) is 0 Å². The first kappa shape index (κ1) is 25.4. The number of hydrogen-bond acceptors (Lipinski definition) is 3. The molecule has 0 atom stereocenters. The van der Waals surface area contributed by atoms with Gasteiger partial charge >= 0.3 is 0 Å². The lowest BCUT2D eigenvalue weighted by molar-refractivity contribution is 0.203. The van der Waals surface area contributed by atoms with Gasteiger partial charge in [-0.1, -0.05) is 70.7 Å². The summed E-state index contributed by atoms with van der Waals surface area (Å²) in [6.07, 6.45) is 1.01. The van der Waals surface area contributed by atoms with Gasteiger partial charge in [0.1, 0.15) is 11.6 Å². The lowest BCUT2D eigenvalue weighted by Crippen LogP contribution is -2.44.